The summed E-state index contributed by atoms with van der Waals surface area (Å²) < 4.78 is 137. The van der Waals surface area contributed by atoms with E-state index in [1.54, 1.807) is 11.8 Å². The Morgan fingerprint density at radius 2 is 1.81 bits per heavy atom. The molecule has 20 heteroatoms. The Morgan fingerprint density at radius 1 is 1.03 bits per heavy atom. The van der Waals surface area contributed by atoms with E-state index in [0.29, 0.717) is 0 Å². The van der Waals surface area contributed by atoms with Crippen LogP contribution in [0.2, 0.25) is 0 Å². The molecule has 0 radical (unpaired) electrons. The number of benzene rings is 2. The molecule has 8 heterocycles. The molecule has 2 amide bonds. The fraction of sp³-hybridized carbons (Fsp3) is 0.548. The van der Waals surface area contributed by atoms with Gasteiger partial charge in [-0.05, 0) is 93.1 Å². The molecule has 332 valence electrons. The molecule has 4 saturated heterocycles. The average molecular weight is 878 g/mol. The van der Waals surface area contributed by atoms with Crippen molar-refractivity contribution in [3.05, 3.63) is 47.7 Å². The second-order valence-corrected chi connectivity index (χ2v) is 17.4. The lowest BCUT2D eigenvalue weighted by Crippen LogP contribution is -2.60. The number of fused-ring (bicyclic) bond motifs is 7. The number of hydrogen-bond donors (Lipinski definition) is 1. The number of amides is 2. The van der Waals surface area contributed by atoms with Gasteiger partial charge in [0.1, 0.15) is 47.4 Å². The van der Waals surface area contributed by atoms with Crippen LogP contribution >= 0.6 is 0 Å². The summed E-state index contributed by atoms with van der Waals surface area (Å²) in [5.41, 5.74) is -2.30. The Hall–Kier alpha value is -5.27. The number of alkyl halides is 6. The summed E-state index contributed by atoms with van der Waals surface area (Å²) in [7, 11) is 0. The number of halogens is 8. The number of ether oxygens (including phenoxy) is 3. The molecule has 10 rings (SSSR count). The second-order valence-electron chi connectivity index (χ2n) is 17.4. The summed E-state index contributed by atoms with van der Waals surface area (Å²) in [5.74, 6) is -5.81. The van der Waals surface area contributed by atoms with Gasteiger partial charge < -0.3 is 24.4 Å². The number of likely N-dealkylation sites (tertiary alicyclic amines) is 1. The molecule has 3 atom stereocenters. The van der Waals surface area contributed by atoms with Crippen LogP contribution in [0.1, 0.15) is 63.9 Å². The maximum Gasteiger partial charge on any atom is 0.415 e. The van der Waals surface area contributed by atoms with Gasteiger partial charge in [-0.1, -0.05) is 6.07 Å². The van der Waals surface area contributed by atoms with Gasteiger partial charge in [-0.2, -0.15) is 23.1 Å². The SMILES string of the molecule is CC12CC(F)CN(C1)c1nc(OCC34CCCN3CCC4)nc3c(F)c(ncc13)-c1cc(OC(=O)N3CCC(F)(F)CC3C(F)(F)F)cc3ccc(F)c(c13)CCCOC(=O)N2. The fourth-order valence-corrected chi connectivity index (χ4v) is 10.0. The van der Waals surface area contributed by atoms with Crippen LogP contribution < -0.4 is 19.7 Å². The predicted molar refractivity (Wildman–Crippen MR) is 208 cm³/mol. The highest BCUT2D eigenvalue weighted by Gasteiger charge is 2.54. The molecular formula is C42H43F8N7O5. The molecule has 12 nitrogen and oxygen atoms in total. The normalized spacial score (nSPS) is 25.1. The minimum Gasteiger partial charge on any atom is -0.461 e. The van der Waals surface area contributed by atoms with Crippen molar-refractivity contribution in [1.29, 1.82) is 0 Å². The molecule has 0 saturated carbocycles. The summed E-state index contributed by atoms with van der Waals surface area (Å²) in [6.45, 7) is 2.31. The van der Waals surface area contributed by atoms with Crippen molar-refractivity contribution >= 4 is 39.7 Å². The van der Waals surface area contributed by atoms with E-state index in [2.05, 4.69) is 25.2 Å². The number of carbonyl (C=O) groups excluding carboxylic acids is 2. The van der Waals surface area contributed by atoms with Crippen LogP contribution in [-0.4, -0.2) is 118 Å². The first kappa shape index (κ1) is 42.1. The third kappa shape index (κ3) is 7.87. The molecule has 0 aliphatic carbocycles. The van der Waals surface area contributed by atoms with Gasteiger partial charge in [-0.15, -0.1) is 0 Å². The monoisotopic (exact) mass is 877 g/mol. The van der Waals surface area contributed by atoms with Gasteiger partial charge in [-0.3, -0.25) is 14.8 Å². The molecule has 3 unspecified atom stereocenters. The van der Waals surface area contributed by atoms with E-state index in [4.69, 9.17) is 14.2 Å². The van der Waals surface area contributed by atoms with Gasteiger partial charge in [0.2, 0.25) is 0 Å². The molecular weight excluding hydrogens is 834 g/mol. The fourth-order valence-electron chi connectivity index (χ4n) is 10.0. The van der Waals surface area contributed by atoms with Gasteiger partial charge in [0.25, 0.3) is 5.92 Å². The highest BCUT2D eigenvalue weighted by atomic mass is 19.4. The topological polar surface area (TPSA) is 122 Å². The van der Waals surface area contributed by atoms with Crippen LogP contribution in [0.25, 0.3) is 32.9 Å². The van der Waals surface area contributed by atoms with Gasteiger partial charge in [0, 0.05) is 44.1 Å². The Bertz CT molecular complexity index is 2430. The molecule has 4 fully saturated rings. The number of nitrogens with zero attached hydrogens (tertiary/aromatic N) is 6. The zero-order chi connectivity index (χ0) is 43.8. The quantitative estimate of drug-likeness (QED) is 0.201. The highest BCUT2D eigenvalue weighted by molar-refractivity contribution is 6.02. The minimum atomic E-state index is -5.21. The van der Waals surface area contributed by atoms with E-state index >= 15 is 13.2 Å². The standard InChI is InChI=1S/C42H43F8N7O5/c1-39-17-24(43)20-55(21-39)35-28-19-51-33(32(45)34(28)52-36(53-35)61-22-40-8-3-11-56(40)12-4-9-40)27-16-25(62-38(59)57-13-10-41(46,47)18-30(57)42(48,49)50)15-23-6-7-29(44)26(31(23)27)5-2-14-60-37(58)54-39/h6-7,15-16,19,24,30H,2-5,8-14,17-18,20-22H2,1H3,(H,54,58). The Morgan fingerprint density at radius 3 is 2.56 bits per heavy atom. The first-order valence-electron chi connectivity index (χ1n) is 20.7. The van der Waals surface area contributed by atoms with Crippen LogP contribution in [0.3, 0.4) is 0 Å². The maximum atomic E-state index is 17.6. The van der Waals surface area contributed by atoms with Crippen LogP contribution in [0.15, 0.2) is 30.5 Å². The third-order valence-corrected chi connectivity index (χ3v) is 12.9. The first-order chi connectivity index (χ1) is 29.4. The van der Waals surface area contributed by atoms with E-state index in [1.807, 2.05) is 0 Å². The molecule has 1 N–H and O–H groups in total. The van der Waals surface area contributed by atoms with Crippen molar-refractivity contribution in [2.45, 2.75) is 100 Å². The molecule has 2 aromatic heterocycles. The largest absolute Gasteiger partial charge is 0.461 e. The number of anilines is 1. The summed E-state index contributed by atoms with van der Waals surface area (Å²) in [5, 5.41) is 3.05. The van der Waals surface area contributed by atoms with Crippen LogP contribution in [-0.2, 0) is 11.2 Å². The zero-order valence-corrected chi connectivity index (χ0v) is 33.6. The molecule has 6 aliphatic rings. The first-order valence-corrected chi connectivity index (χ1v) is 20.7. The van der Waals surface area contributed by atoms with Crippen molar-refractivity contribution in [2.24, 2.45) is 0 Å². The number of carbonyl (C=O) groups is 2. The number of aryl methyl sites for hydroxylation is 1. The number of pyridine rings is 1. The second kappa shape index (κ2) is 15.5. The summed E-state index contributed by atoms with van der Waals surface area (Å²) in [6, 6.07) is 1.67. The summed E-state index contributed by atoms with van der Waals surface area (Å²) >= 11 is 0. The number of nitrogens with one attached hydrogen (secondary N) is 1. The van der Waals surface area contributed by atoms with E-state index < -0.39 is 84.5 Å². The van der Waals surface area contributed by atoms with Crippen molar-refractivity contribution in [3.8, 4) is 23.0 Å². The van der Waals surface area contributed by atoms with Crippen molar-refractivity contribution in [2.75, 3.05) is 50.8 Å². The number of piperidine rings is 2. The van der Waals surface area contributed by atoms with Crippen LogP contribution in [0, 0.1) is 11.6 Å². The maximum absolute atomic E-state index is 17.6. The molecule has 4 aromatic rings. The number of rotatable bonds is 4. The van der Waals surface area contributed by atoms with Crippen molar-refractivity contribution in [3.63, 3.8) is 0 Å². The van der Waals surface area contributed by atoms with Crippen molar-refractivity contribution < 1.29 is 58.9 Å². The number of aromatic nitrogens is 3. The molecule has 6 aliphatic heterocycles. The smallest absolute Gasteiger partial charge is 0.415 e. The van der Waals surface area contributed by atoms with Crippen molar-refractivity contribution in [1.82, 2.24) is 30.1 Å². The van der Waals surface area contributed by atoms with Crippen LogP contribution in [0.4, 0.5) is 50.5 Å². The molecule has 2 aromatic carbocycles. The van der Waals surface area contributed by atoms with E-state index in [-0.39, 0.29) is 101 Å². The third-order valence-electron chi connectivity index (χ3n) is 12.9. The lowest BCUT2D eigenvalue weighted by atomic mass is 9.90. The molecule has 0 spiro atoms. The Labute approximate surface area is 349 Å². The summed E-state index contributed by atoms with van der Waals surface area (Å²) in [4.78, 5) is 44.3. The molecule has 62 heavy (non-hydrogen) atoms. The predicted octanol–water partition coefficient (Wildman–Crippen LogP) is 8.27. The van der Waals surface area contributed by atoms with E-state index in [0.717, 1.165) is 50.9 Å². The van der Waals surface area contributed by atoms with Gasteiger partial charge in [0.05, 0.1) is 29.6 Å². The highest BCUT2D eigenvalue weighted by Crippen LogP contribution is 2.44. The van der Waals surface area contributed by atoms with E-state index in [1.165, 1.54) is 18.3 Å². The lowest BCUT2D eigenvalue weighted by Gasteiger charge is -2.42. The minimum absolute atomic E-state index is 0.0176. The lowest BCUT2D eigenvalue weighted by molar-refractivity contribution is -0.211. The van der Waals surface area contributed by atoms with Gasteiger partial charge in [-0.25, -0.2) is 31.5 Å². The van der Waals surface area contributed by atoms with Gasteiger partial charge in [0.15, 0.2) is 5.82 Å². The Kier molecular flexibility index (Phi) is 10.5. The number of hydrogen-bond acceptors (Lipinski definition) is 10. The van der Waals surface area contributed by atoms with E-state index in [9.17, 15) is 31.5 Å². The zero-order valence-electron chi connectivity index (χ0n) is 33.6. The number of alkyl carbamates (subject to hydrolysis) is 1. The molecule has 6 bridgehead atoms. The summed E-state index contributed by atoms with van der Waals surface area (Å²) in [6.07, 6.45) is -6.94. The average Bonchev–Trinajstić information content (AvgIpc) is 3.78. The Balaban J connectivity index is 1.20. The van der Waals surface area contributed by atoms with Gasteiger partial charge >= 0.3 is 24.4 Å². The van der Waals surface area contributed by atoms with Crippen LogP contribution in [0.5, 0.6) is 11.8 Å².